The van der Waals surface area contributed by atoms with Gasteiger partial charge >= 0.3 is 18.1 Å². The molecule has 0 aromatic carbocycles. The van der Waals surface area contributed by atoms with Gasteiger partial charge in [0.1, 0.15) is 6.04 Å². The molecular formula is C15H15ClF3NO5S. The van der Waals surface area contributed by atoms with Gasteiger partial charge < -0.3 is 14.6 Å². The minimum atomic E-state index is -5.08. The molecule has 0 saturated carbocycles. The lowest BCUT2D eigenvalue weighted by Gasteiger charge is -2.12. The fraction of sp³-hybridized carbons (Fsp3) is 0.333. The Morgan fingerprint density at radius 3 is 2.38 bits per heavy atom. The summed E-state index contributed by atoms with van der Waals surface area (Å²) in [5, 5.41) is 19.3. The van der Waals surface area contributed by atoms with E-state index < -0.39 is 24.2 Å². The van der Waals surface area contributed by atoms with Crippen LogP contribution >= 0.6 is 22.9 Å². The van der Waals surface area contributed by atoms with E-state index in [9.17, 15) is 23.1 Å². The maximum atomic E-state index is 11.2. The van der Waals surface area contributed by atoms with E-state index in [0.29, 0.717) is 13.0 Å². The average Bonchev–Trinajstić information content (AvgIpc) is 3.13. The molecule has 0 bridgehead atoms. The molecule has 0 spiro atoms. The predicted octanol–water partition coefficient (Wildman–Crippen LogP) is 3.72. The molecule has 2 aromatic rings. The van der Waals surface area contributed by atoms with Crippen molar-refractivity contribution in [1.82, 2.24) is 5.32 Å². The van der Waals surface area contributed by atoms with Gasteiger partial charge in [0.05, 0.1) is 16.9 Å². The lowest BCUT2D eigenvalue weighted by molar-refractivity contribution is -0.192. The molecule has 26 heavy (non-hydrogen) atoms. The minimum Gasteiger partial charge on any atom is -0.480 e. The van der Waals surface area contributed by atoms with E-state index in [0.717, 1.165) is 20.3 Å². The van der Waals surface area contributed by atoms with Crippen LogP contribution in [-0.4, -0.2) is 34.4 Å². The highest BCUT2D eigenvalue weighted by atomic mass is 35.5. The van der Waals surface area contributed by atoms with Gasteiger partial charge in [-0.15, -0.1) is 11.3 Å². The summed E-state index contributed by atoms with van der Waals surface area (Å²) in [6.07, 6.45) is -1.59. The number of hydrogen-bond donors (Lipinski definition) is 3. The number of furan rings is 1. The van der Waals surface area contributed by atoms with Crippen molar-refractivity contribution in [2.75, 3.05) is 0 Å². The molecule has 0 aliphatic carbocycles. The van der Waals surface area contributed by atoms with Crippen molar-refractivity contribution in [2.24, 2.45) is 0 Å². The van der Waals surface area contributed by atoms with Crippen molar-refractivity contribution in [2.45, 2.75) is 32.1 Å². The van der Waals surface area contributed by atoms with E-state index in [2.05, 4.69) is 5.32 Å². The minimum absolute atomic E-state index is 0.393. The maximum absolute atomic E-state index is 11.2. The van der Waals surface area contributed by atoms with Gasteiger partial charge in [-0.05, 0) is 30.2 Å². The molecular weight excluding hydrogens is 399 g/mol. The molecule has 1 unspecified atom stereocenters. The van der Waals surface area contributed by atoms with Crippen LogP contribution in [0.15, 0.2) is 29.1 Å². The Hall–Kier alpha value is -2.04. The number of halogens is 4. The Morgan fingerprint density at radius 1 is 1.38 bits per heavy atom. The summed E-state index contributed by atoms with van der Waals surface area (Å²) in [6, 6.07) is 3.10. The normalized spacial score (nSPS) is 12.2. The fourth-order valence-electron chi connectivity index (χ4n) is 1.73. The molecule has 0 radical (unpaired) electrons. The van der Waals surface area contributed by atoms with Crippen molar-refractivity contribution >= 4 is 34.9 Å². The molecule has 0 fully saturated rings. The number of hydrogen-bond acceptors (Lipinski definition) is 5. The number of aryl methyl sites for hydroxylation is 1. The highest BCUT2D eigenvalue weighted by molar-refractivity contribution is 7.16. The molecule has 6 nitrogen and oxygen atoms in total. The molecule has 3 N–H and O–H groups in total. The van der Waals surface area contributed by atoms with Crippen molar-refractivity contribution in [3.63, 3.8) is 0 Å². The zero-order chi connectivity index (χ0) is 19.9. The Bertz CT molecular complexity index is 711. The lowest BCUT2D eigenvalue weighted by Crippen LogP contribution is -2.37. The summed E-state index contributed by atoms with van der Waals surface area (Å²) in [5.74, 6) is -3.63. The average molecular weight is 414 g/mol. The highest BCUT2D eigenvalue weighted by Crippen LogP contribution is 2.26. The SMILES string of the molecule is Cc1cc(CNC(Cc2ccoc2)C(=O)O)sc1Cl.O=C(O)C(F)(F)F. The molecule has 11 heteroatoms. The van der Waals surface area contributed by atoms with Gasteiger partial charge in [0, 0.05) is 17.8 Å². The first-order valence-corrected chi connectivity index (χ1v) is 8.22. The molecule has 0 amide bonds. The third-order valence-corrected chi connectivity index (χ3v) is 4.55. The number of nitrogens with one attached hydrogen (secondary N) is 1. The van der Waals surface area contributed by atoms with E-state index in [1.54, 1.807) is 12.3 Å². The lowest BCUT2D eigenvalue weighted by atomic mass is 10.1. The molecule has 2 rings (SSSR count). The van der Waals surface area contributed by atoms with E-state index in [4.69, 9.17) is 25.9 Å². The van der Waals surface area contributed by atoms with Crippen molar-refractivity contribution < 1.29 is 37.4 Å². The van der Waals surface area contributed by atoms with Crippen LogP contribution in [0.2, 0.25) is 4.34 Å². The summed E-state index contributed by atoms with van der Waals surface area (Å²) >= 11 is 7.45. The van der Waals surface area contributed by atoms with Crippen LogP contribution in [0.25, 0.3) is 0 Å². The number of rotatable bonds is 6. The van der Waals surface area contributed by atoms with E-state index >= 15 is 0 Å². The van der Waals surface area contributed by atoms with Gasteiger partial charge in [-0.1, -0.05) is 11.6 Å². The maximum Gasteiger partial charge on any atom is 0.490 e. The standard InChI is InChI=1S/C13H14ClNO3S.C2HF3O2/c1-8-4-10(19-12(8)14)6-15-11(13(16)17)5-9-2-3-18-7-9;3-2(4,5)1(6)7/h2-4,7,11,15H,5-6H2,1H3,(H,16,17);(H,6,7). The van der Waals surface area contributed by atoms with Crippen LogP contribution in [0.4, 0.5) is 13.2 Å². The van der Waals surface area contributed by atoms with Crippen LogP contribution in [0, 0.1) is 6.92 Å². The van der Waals surface area contributed by atoms with Crippen molar-refractivity contribution in [3.8, 4) is 0 Å². The van der Waals surface area contributed by atoms with Gasteiger partial charge in [0.25, 0.3) is 0 Å². The number of carboxylic acid groups (broad SMARTS) is 2. The first kappa shape index (κ1) is 22.0. The van der Waals surface area contributed by atoms with E-state index in [1.807, 2.05) is 13.0 Å². The molecule has 0 saturated heterocycles. The molecule has 2 aromatic heterocycles. The zero-order valence-electron chi connectivity index (χ0n) is 13.3. The summed E-state index contributed by atoms with van der Waals surface area (Å²) in [5.41, 5.74) is 1.88. The van der Waals surface area contributed by atoms with Crippen LogP contribution in [-0.2, 0) is 22.6 Å². The second-order valence-corrected chi connectivity index (χ2v) is 6.82. The quantitative estimate of drug-likeness (QED) is 0.667. The third-order valence-electron chi connectivity index (χ3n) is 2.99. The second kappa shape index (κ2) is 9.60. The third kappa shape index (κ3) is 7.46. The highest BCUT2D eigenvalue weighted by Gasteiger charge is 2.38. The number of alkyl halides is 3. The zero-order valence-corrected chi connectivity index (χ0v) is 14.9. The molecule has 144 valence electrons. The van der Waals surface area contributed by atoms with E-state index in [-0.39, 0.29) is 0 Å². The van der Waals surface area contributed by atoms with Gasteiger partial charge in [0.2, 0.25) is 0 Å². The Labute approximate surface area is 155 Å². The van der Waals surface area contributed by atoms with Crippen LogP contribution < -0.4 is 5.32 Å². The smallest absolute Gasteiger partial charge is 0.480 e. The Morgan fingerprint density at radius 2 is 2.00 bits per heavy atom. The monoisotopic (exact) mass is 413 g/mol. The van der Waals surface area contributed by atoms with Crippen LogP contribution in [0.1, 0.15) is 16.0 Å². The van der Waals surface area contributed by atoms with Crippen molar-refractivity contribution in [1.29, 1.82) is 0 Å². The summed E-state index contributed by atoms with van der Waals surface area (Å²) in [7, 11) is 0. The van der Waals surface area contributed by atoms with Gasteiger partial charge in [0.15, 0.2) is 0 Å². The topological polar surface area (TPSA) is 99.8 Å². The van der Waals surface area contributed by atoms with Crippen LogP contribution in [0.5, 0.6) is 0 Å². The second-order valence-electron chi connectivity index (χ2n) is 5.08. The van der Waals surface area contributed by atoms with Gasteiger partial charge in [-0.3, -0.25) is 10.1 Å². The molecule has 2 heterocycles. The Kier molecular flexibility index (Phi) is 8.12. The van der Waals surface area contributed by atoms with Crippen molar-refractivity contribution in [3.05, 3.63) is 45.0 Å². The summed E-state index contributed by atoms with van der Waals surface area (Å²) < 4.78 is 37.4. The number of carboxylic acids is 2. The van der Waals surface area contributed by atoms with Gasteiger partial charge in [-0.25, -0.2) is 4.79 Å². The number of aliphatic carboxylic acids is 2. The molecule has 0 aliphatic heterocycles. The number of carbonyl (C=O) groups is 2. The van der Waals surface area contributed by atoms with E-state index in [1.165, 1.54) is 17.6 Å². The molecule has 1 atom stereocenters. The first-order chi connectivity index (χ1) is 12.0. The summed E-state index contributed by atoms with van der Waals surface area (Å²) in [4.78, 5) is 21.1. The predicted molar refractivity (Wildman–Crippen MR) is 88.4 cm³/mol. The molecule has 0 aliphatic rings. The number of thiophene rings is 1. The first-order valence-electron chi connectivity index (χ1n) is 7.03. The van der Waals surface area contributed by atoms with Gasteiger partial charge in [-0.2, -0.15) is 13.2 Å². The largest absolute Gasteiger partial charge is 0.490 e. The van der Waals surface area contributed by atoms with Crippen LogP contribution in [0.3, 0.4) is 0 Å². The fourth-order valence-corrected chi connectivity index (χ4v) is 2.92. The Balaban J connectivity index is 0.000000412. The summed E-state index contributed by atoms with van der Waals surface area (Å²) in [6.45, 7) is 2.43.